The summed E-state index contributed by atoms with van der Waals surface area (Å²) in [5.41, 5.74) is 12.6. The van der Waals surface area contributed by atoms with Crippen LogP contribution in [0.4, 0.5) is 0 Å². The molecule has 7 aromatic carbocycles. The third-order valence-corrected chi connectivity index (χ3v) is 7.96. The van der Waals surface area contributed by atoms with Crippen molar-refractivity contribution in [1.29, 1.82) is 0 Å². The van der Waals surface area contributed by atoms with E-state index in [1.807, 2.05) is 42.5 Å². The van der Waals surface area contributed by atoms with Gasteiger partial charge in [0.05, 0.1) is 12.0 Å². The van der Waals surface area contributed by atoms with Crippen LogP contribution in [0.2, 0.25) is 0 Å². The van der Waals surface area contributed by atoms with Gasteiger partial charge in [-0.1, -0.05) is 140 Å². The standard InChI is InChI=1S/C40H29N3/c1-27(43-40(42-26-41)28-12-3-2-4-13-28)32-16-5-6-17-33(32)31-15-11-14-29(24-31)30-22-23-38-36-20-8-7-18-34(36)35-19-9-10-21-37(35)39(38)25-30/h2-26H,1H2,(H2,41,42,43). The average molecular weight is 552 g/mol. The number of fused-ring (bicyclic) bond motifs is 6. The molecule has 204 valence electrons. The van der Waals surface area contributed by atoms with Crippen LogP contribution in [-0.2, 0) is 0 Å². The minimum absolute atomic E-state index is 0.521. The zero-order valence-electron chi connectivity index (χ0n) is 23.6. The van der Waals surface area contributed by atoms with Crippen molar-refractivity contribution in [3.63, 3.8) is 0 Å². The van der Waals surface area contributed by atoms with Gasteiger partial charge >= 0.3 is 0 Å². The minimum atomic E-state index is 0.521. The molecule has 3 heteroatoms. The van der Waals surface area contributed by atoms with Crippen molar-refractivity contribution in [3.05, 3.63) is 163 Å². The molecule has 7 aromatic rings. The van der Waals surface area contributed by atoms with Crippen molar-refractivity contribution in [2.45, 2.75) is 0 Å². The zero-order chi connectivity index (χ0) is 29.2. The molecule has 0 heterocycles. The smallest absolute Gasteiger partial charge is 0.161 e. The van der Waals surface area contributed by atoms with Crippen LogP contribution in [0.5, 0.6) is 0 Å². The second kappa shape index (κ2) is 11.2. The second-order valence-corrected chi connectivity index (χ2v) is 10.5. The average Bonchev–Trinajstić information content (AvgIpc) is 3.08. The molecule has 0 spiro atoms. The first-order chi connectivity index (χ1) is 21.2. The van der Waals surface area contributed by atoms with E-state index in [2.05, 4.69) is 115 Å². The van der Waals surface area contributed by atoms with Gasteiger partial charge in [-0.2, -0.15) is 0 Å². The zero-order valence-corrected chi connectivity index (χ0v) is 23.6. The fourth-order valence-electron chi connectivity index (χ4n) is 5.95. The van der Waals surface area contributed by atoms with Crippen molar-refractivity contribution in [2.24, 2.45) is 15.7 Å². The Morgan fingerprint density at radius 1 is 0.512 bits per heavy atom. The van der Waals surface area contributed by atoms with Gasteiger partial charge in [0.15, 0.2) is 5.84 Å². The molecule has 0 saturated heterocycles. The number of nitrogens with zero attached hydrogens (tertiary/aromatic N) is 2. The minimum Gasteiger partial charge on any atom is -0.390 e. The summed E-state index contributed by atoms with van der Waals surface area (Å²) in [7, 11) is 0. The Morgan fingerprint density at radius 3 is 1.77 bits per heavy atom. The summed E-state index contributed by atoms with van der Waals surface area (Å²) in [4.78, 5) is 9.13. The van der Waals surface area contributed by atoms with Gasteiger partial charge in [-0.15, -0.1) is 0 Å². The number of hydrogen-bond acceptors (Lipinski definition) is 1. The number of rotatable bonds is 5. The number of aliphatic imine (C=N–C) groups is 2. The van der Waals surface area contributed by atoms with Gasteiger partial charge in [-0.25, -0.2) is 9.98 Å². The van der Waals surface area contributed by atoms with Gasteiger partial charge in [-0.05, 0) is 66.7 Å². The molecular weight excluding hydrogens is 522 g/mol. The Hall–Kier alpha value is -5.80. The van der Waals surface area contributed by atoms with Crippen LogP contribution in [0.15, 0.2) is 162 Å². The normalized spacial score (nSPS) is 12.0. The van der Waals surface area contributed by atoms with E-state index in [9.17, 15) is 0 Å². The van der Waals surface area contributed by atoms with Gasteiger partial charge in [0.1, 0.15) is 0 Å². The van der Waals surface area contributed by atoms with E-state index in [0.717, 1.165) is 27.8 Å². The van der Waals surface area contributed by atoms with Gasteiger partial charge in [-0.3, -0.25) is 0 Å². The molecule has 0 unspecified atom stereocenters. The number of hydrogen-bond donors (Lipinski definition) is 1. The molecular formula is C40H29N3. The molecule has 0 fully saturated rings. The van der Waals surface area contributed by atoms with Crippen LogP contribution in [0.3, 0.4) is 0 Å². The highest BCUT2D eigenvalue weighted by molar-refractivity contribution is 6.25. The van der Waals surface area contributed by atoms with E-state index in [4.69, 9.17) is 10.7 Å². The van der Waals surface area contributed by atoms with Crippen molar-refractivity contribution in [3.8, 4) is 22.3 Å². The summed E-state index contributed by atoms with van der Waals surface area (Å²) in [5, 5.41) is 7.63. The maximum Gasteiger partial charge on any atom is 0.161 e. The lowest BCUT2D eigenvalue weighted by atomic mass is 9.91. The maximum absolute atomic E-state index is 5.66. The molecule has 3 nitrogen and oxygen atoms in total. The molecule has 7 rings (SSSR count). The quantitative estimate of drug-likeness (QED) is 0.129. The predicted octanol–water partition coefficient (Wildman–Crippen LogP) is 9.88. The van der Waals surface area contributed by atoms with Crippen molar-refractivity contribution in [2.75, 3.05) is 0 Å². The first-order valence-corrected chi connectivity index (χ1v) is 14.3. The van der Waals surface area contributed by atoms with Crippen LogP contribution in [-0.4, -0.2) is 12.2 Å². The van der Waals surface area contributed by atoms with Gasteiger partial charge in [0.25, 0.3) is 0 Å². The summed E-state index contributed by atoms with van der Waals surface area (Å²) >= 11 is 0. The van der Waals surface area contributed by atoms with Crippen LogP contribution < -0.4 is 5.73 Å². The van der Waals surface area contributed by atoms with Crippen LogP contribution in [0.25, 0.3) is 60.3 Å². The molecule has 0 saturated carbocycles. The third-order valence-electron chi connectivity index (χ3n) is 7.96. The summed E-state index contributed by atoms with van der Waals surface area (Å²) in [5.74, 6) is 0.521. The van der Waals surface area contributed by atoms with E-state index < -0.39 is 0 Å². The van der Waals surface area contributed by atoms with Crippen LogP contribution >= 0.6 is 0 Å². The SMILES string of the molecule is C=C(N=C(N=CN)c1ccccc1)c1ccccc1-c1cccc(-c2ccc3c4ccccc4c4ccccc4c3c2)c1. The summed E-state index contributed by atoms with van der Waals surface area (Å²) in [6.07, 6.45) is 1.27. The Balaban J connectivity index is 1.33. The molecule has 0 radical (unpaired) electrons. The van der Waals surface area contributed by atoms with E-state index in [-0.39, 0.29) is 0 Å². The largest absolute Gasteiger partial charge is 0.390 e. The third kappa shape index (κ3) is 4.87. The van der Waals surface area contributed by atoms with Gasteiger partial charge in [0, 0.05) is 11.1 Å². The Labute approximate surface area is 251 Å². The topological polar surface area (TPSA) is 50.7 Å². The van der Waals surface area contributed by atoms with Gasteiger partial charge in [0.2, 0.25) is 0 Å². The molecule has 0 aliphatic carbocycles. The Morgan fingerprint density at radius 2 is 1.07 bits per heavy atom. The summed E-state index contributed by atoms with van der Waals surface area (Å²) in [6.45, 7) is 4.33. The number of amidine groups is 1. The molecule has 0 aliphatic rings. The molecule has 43 heavy (non-hydrogen) atoms. The maximum atomic E-state index is 5.66. The number of benzene rings is 7. The fraction of sp³-hybridized carbons (Fsp3) is 0. The lowest BCUT2D eigenvalue weighted by molar-refractivity contribution is 1.45. The van der Waals surface area contributed by atoms with Crippen molar-refractivity contribution < 1.29 is 0 Å². The van der Waals surface area contributed by atoms with E-state index in [1.54, 1.807) is 0 Å². The molecule has 0 atom stereocenters. The highest BCUT2D eigenvalue weighted by Crippen LogP contribution is 2.38. The molecule has 0 aromatic heterocycles. The molecule has 0 amide bonds. The van der Waals surface area contributed by atoms with Crippen LogP contribution in [0, 0.1) is 0 Å². The highest BCUT2D eigenvalue weighted by Gasteiger charge is 2.12. The first-order valence-electron chi connectivity index (χ1n) is 14.3. The summed E-state index contributed by atoms with van der Waals surface area (Å²) in [6, 6.07) is 50.9. The monoisotopic (exact) mass is 551 g/mol. The lowest BCUT2D eigenvalue weighted by Crippen LogP contribution is -2.02. The fourth-order valence-corrected chi connectivity index (χ4v) is 5.95. The van der Waals surface area contributed by atoms with Crippen molar-refractivity contribution >= 4 is 50.2 Å². The van der Waals surface area contributed by atoms with Gasteiger partial charge < -0.3 is 5.73 Å². The molecule has 0 aliphatic heterocycles. The molecule has 2 N–H and O–H groups in total. The Kier molecular flexibility index (Phi) is 6.82. The van der Waals surface area contributed by atoms with E-state index in [0.29, 0.717) is 11.5 Å². The lowest BCUT2D eigenvalue weighted by Gasteiger charge is -2.14. The summed E-state index contributed by atoms with van der Waals surface area (Å²) < 4.78 is 0. The number of nitrogens with two attached hydrogens (primary N) is 1. The first kappa shape index (κ1) is 26.1. The van der Waals surface area contributed by atoms with E-state index >= 15 is 0 Å². The predicted molar refractivity (Wildman–Crippen MR) is 185 cm³/mol. The molecule has 0 bridgehead atoms. The Bertz CT molecular complexity index is 2170. The highest BCUT2D eigenvalue weighted by atomic mass is 14.9. The van der Waals surface area contributed by atoms with E-state index in [1.165, 1.54) is 44.2 Å². The van der Waals surface area contributed by atoms with Crippen molar-refractivity contribution in [1.82, 2.24) is 0 Å². The second-order valence-electron chi connectivity index (χ2n) is 10.5. The van der Waals surface area contributed by atoms with Crippen LogP contribution in [0.1, 0.15) is 11.1 Å².